The molecule has 0 aromatic carbocycles. The van der Waals surface area contributed by atoms with E-state index in [0.29, 0.717) is 29.2 Å². The normalized spacial score (nSPS) is 11.1. The Morgan fingerprint density at radius 3 is 2.77 bits per heavy atom. The summed E-state index contributed by atoms with van der Waals surface area (Å²) in [6, 6.07) is 5.68. The Hall–Kier alpha value is -2.74. The van der Waals surface area contributed by atoms with Crippen LogP contribution >= 0.6 is 11.3 Å². The van der Waals surface area contributed by atoms with Crippen molar-refractivity contribution in [1.82, 2.24) is 19.7 Å². The lowest BCUT2D eigenvalue weighted by Crippen LogP contribution is -2.21. The first-order chi connectivity index (χ1) is 12.3. The largest absolute Gasteiger partial charge is 0.310 e. The number of nitrogens with zero attached hydrogens (tertiary/aromatic N) is 3. The molecule has 136 valence electrons. The third-order valence-corrected chi connectivity index (χ3v) is 4.82. The van der Waals surface area contributed by atoms with Crippen molar-refractivity contribution in [2.24, 2.45) is 5.92 Å². The third-order valence-electron chi connectivity index (χ3n) is 3.93. The van der Waals surface area contributed by atoms with Gasteiger partial charge in [0.15, 0.2) is 0 Å². The fraction of sp³-hybridized carbons (Fsp3) is 0.333. The van der Waals surface area contributed by atoms with E-state index in [4.69, 9.17) is 0 Å². The van der Waals surface area contributed by atoms with Gasteiger partial charge in [-0.1, -0.05) is 19.9 Å². The fourth-order valence-corrected chi connectivity index (χ4v) is 3.15. The highest BCUT2D eigenvalue weighted by Gasteiger charge is 2.17. The molecule has 0 bridgehead atoms. The van der Waals surface area contributed by atoms with Gasteiger partial charge in [-0.25, -0.2) is 4.98 Å². The van der Waals surface area contributed by atoms with Gasteiger partial charge in [0.2, 0.25) is 11.9 Å². The fourth-order valence-electron chi connectivity index (χ4n) is 2.47. The van der Waals surface area contributed by atoms with Gasteiger partial charge < -0.3 is 5.32 Å². The van der Waals surface area contributed by atoms with Gasteiger partial charge in [-0.15, -0.1) is 11.3 Å². The Morgan fingerprint density at radius 2 is 2.15 bits per heavy atom. The summed E-state index contributed by atoms with van der Waals surface area (Å²) in [5, 5.41) is 9.39. The average molecular weight is 371 g/mol. The molecular formula is C18H21N5O2S. The predicted molar refractivity (Wildman–Crippen MR) is 103 cm³/mol. The number of H-pyrrole nitrogens is 1. The quantitative estimate of drug-likeness (QED) is 0.720. The zero-order valence-corrected chi connectivity index (χ0v) is 16.0. The van der Waals surface area contributed by atoms with Crippen molar-refractivity contribution in [2.75, 3.05) is 5.32 Å². The maximum atomic E-state index is 12.2. The molecular weight excluding hydrogens is 350 g/mol. The molecule has 0 radical (unpaired) electrons. The topological polar surface area (TPSA) is 92.7 Å². The van der Waals surface area contributed by atoms with Gasteiger partial charge in [-0.2, -0.15) is 9.78 Å². The van der Waals surface area contributed by atoms with E-state index in [1.165, 1.54) is 4.68 Å². The molecule has 0 fully saturated rings. The van der Waals surface area contributed by atoms with E-state index >= 15 is 0 Å². The molecule has 3 aromatic heterocycles. The van der Waals surface area contributed by atoms with E-state index in [9.17, 15) is 9.59 Å². The van der Waals surface area contributed by atoms with Gasteiger partial charge in [0.25, 0.3) is 5.56 Å². The number of nitrogens with one attached hydrogen (secondary N) is 2. The molecule has 1 amide bonds. The van der Waals surface area contributed by atoms with E-state index < -0.39 is 0 Å². The lowest BCUT2D eigenvalue weighted by Gasteiger charge is -2.10. The lowest BCUT2D eigenvalue weighted by atomic mass is 10.1. The Bertz CT molecular complexity index is 986. The third kappa shape index (κ3) is 3.75. The second-order valence-corrected chi connectivity index (χ2v) is 7.50. The summed E-state index contributed by atoms with van der Waals surface area (Å²) in [6.45, 7) is 7.46. The first-order valence-electron chi connectivity index (χ1n) is 8.37. The standard InChI is InChI=1S/C18H21N5O2S/c1-10(2)8-16(24)20-15-9-13(14-6-5-7-26-14)22-23(15)18-19-12(4)11(3)17(25)21-18/h5-7,9-10H,8H2,1-4H3,(H,20,24)(H,19,21,25). The summed E-state index contributed by atoms with van der Waals surface area (Å²) in [4.78, 5) is 32.5. The maximum absolute atomic E-state index is 12.2. The molecule has 0 saturated heterocycles. The lowest BCUT2D eigenvalue weighted by molar-refractivity contribution is -0.116. The minimum atomic E-state index is -0.222. The Labute approximate surface area is 155 Å². The summed E-state index contributed by atoms with van der Waals surface area (Å²) < 4.78 is 1.47. The van der Waals surface area contributed by atoms with Crippen LogP contribution in [-0.4, -0.2) is 25.7 Å². The van der Waals surface area contributed by atoms with Crippen molar-refractivity contribution >= 4 is 23.1 Å². The zero-order chi connectivity index (χ0) is 18.8. The molecule has 0 aliphatic heterocycles. The maximum Gasteiger partial charge on any atom is 0.255 e. The summed E-state index contributed by atoms with van der Waals surface area (Å²) in [5.41, 5.74) is 1.67. The predicted octanol–water partition coefficient (Wildman–Crippen LogP) is 3.29. The molecule has 3 aromatic rings. The first-order valence-corrected chi connectivity index (χ1v) is 9.24. The van der Waals surface area contributed by atoms with E-state index in [1.807, 2.05) is 31.4 Å². The van der Waals surface area contributed by atoms with Crippen LogP contribution in [0.2, 0.25) is 0 Å². The molecule has 0 unspecified atom stereocenters. The highest BCUT2D eigenvalue weighted by molar-refractivity contribution is 7.13. The molecule has 3 heterocycles. The summed E-state index contributed by atoms with van der Waals surface area (Å²) >= 11 is 1.55. The van der Waals surface area contributed by atoms with Crippen LogP contribution in [0.15, 0.2) is 28.4 Å². The monoisotopic (exact) mass is 371 g/mol. The highest BCUT2D eigenvalue weighted by atomic mass is 32.1. The summed E-state index contributed by atoms with van der Waals surface area (Å²) in [6.07, 6.45) is 0.399. The van der Waals surface area contributed by atoms with E-state index in [0.717, 1.165) is 4.88 Å². The number of hydrogen-bond donors (Lipinski definition) is 2. The van der Waals surface area contributed by atoms with Crippen LogP contribution in [0.25, 0.3) is 16.5 Å². The highest BCUT2D eigenvalue weighted by Crippen LogP contribution is 2.27. The number of aromatic amines is 1. The molecule has 3 rings (SSSR count). The van der Waals surface area contributed by atoms with Crippen LogP contribution < -0.4 is 10.9 Å². The van der Waals surface area contributed by atoms with Crippen molar-refractivity contribution in [3.05, 3.63) is 45.2 Å². The van der Waals surface area contributed by atoms with Crippen LogP contribution in [0.3, 0.4) is 0 Å². The van der Waals surface area contributed by atoms with Crippen LogP contribution in [0.5, 0.6) is 0 Å². The Morgan fingerprint density at radius 1 is 1.38 bits per heavy atom. The van der Waals surface area contributed by atoms with Gasteiger partial charge in [-0.3, -0.25) is 14.6 Å². The van der Waals surface area contributed by atoms with Gasteiger partial charge >= 0.3 is 0 Å². The minimum absolute atomic E-state index is 0.106. The molecule has 8 heteroatoms. The van der Waals surface area contributed by atoms with Crippen molar-refractivity contribution in [3.8, 4) is 16.5 Å². The molecule has 0 atom stereocenters. The van der Waals surface area contributed by atoms with E-state index in [-0.39, 0.29) is 23.3 Å². The number of rotatable bonds is 5. The molecule has 26 heavy (non-hydrogen) atoms. The summed E-state index contributed by atoms with van der Waals surface area (Å²) in [7, 11) is 0. The number of anilines is 1. The van der Waals surface area contributed by atoms with Gasteiger partial charge in [0.05, 0.1) is 4.88 Å². The number of aryl methyl sites for hydroxylation is 1. The van der Waals surface area contributed by atoms with Crippen molar-refractivity contribution < 1.29 is 4.79 Å². The molecule has 0 saturated carbocycles. The minimum Gasteiger partial charge on any atom is -0.310 e. The van der Waals surface area contributed by atoms with E-state index in [1.54, 1.807) is 31.3 Å². The van der Waals surface area contributed by atoms with Crippen molar-refractivity contribution in [3.63, 3.8) is 0 Å². The number of hydrogen-bond acceptors (Lipinski definition) is 5. The average Bonchev–Trinajstić information content (AvgIpc) is 3.20. The molecule has 0 aliphatic carbocycles. The van der Waals surface area contributed by atoms with Gasteiger partial charge in [0.1, 0.15) is 11.5 Å². The number of aromatic nitrogens is 4. The van der Waals surface area contributed by atoms with Gasteiger partial charge in [-0.05, 0) is 31.2 Å². The zero-order valence-electron chi connectivity index (χ0n) is 15.2. The van der Waals surface area contributed by atoms with E-state index in [2.05, 4.69) is 20.4 Å². The number of carbonyl (C=O) groups is 1. The number of amides is 1. The molecule has 2 N–H and O–H groups in total. The van der Waals surface area contributed by atoms with Crippen LogP contribution in [0, 0.1) is 19.8 Å². The number of thiophene rings is 1. The van der Waals surface area contributed by atoms with Crippen LogP contribution in [-0.2, 0) is 4.79 Å². The number of carbonyl (C=O) groups excluding carboxylic acids is 1. The Balaban J connectivity index is 2.07. The van der Waals surface area contributed by atoms with Crippen molar-refractivity contribution in [1.29, 1.82) is 0 Å². The smallest absolute Gasteiger partial charge is 0.255 e. The molecule has 7 nitrogen and oxygen atoms in total. The first kappa shape index (κ1) is 18.1. The summed E-state index contributed by atoms with van der Waals surface area (Å²) in [5.74, 6) is 0.888. The van der Waals surface area contributed by atoms with Crippen molar-refractivity contribution in [2.45, 2.75) is 34.1 Å². The second-order valence-electron chi connectivity index (χ2n) is 6.55. The SMILES string of the molecule is Cc1nc(-n2nc(-c3cccs3)cc2NC(=O)CC(C)C)[nH]c(=O)c1C. The molecule has 0 aliphatic rings. The Kier molecular flexibility index (Phi) is 5.03. The molecule has 0 spiro atoms. The second kappa shape index (κ2) is 7.25. The van der Waals surface area contributed by atoms with Crippen LogP contribution in [0.1, 0.15) is 31.5 Å². The van der Waals surface area contributed by atoms with Gasteiger partial charge in [0, 0.05) is 23.7 Å². The van der Waals surface area contributed by atoms with Crippen LogP contribution in [0.4, 0.5) is 5.82 Å².